The SMILES string of the molecule is COC1(OC)C(=O)Nc2c1ccc(Br)c2Cl. The van der Waals surface area contributed by atoms with Gasteiger partial charge in [0.1, 0.15) is 0 Å². The van der Waals surface area contributed by atoms with Gasteiger partial charge in [-0.15, -0.1) is 0 Å². The van der Waals surface area contributed by atoms with Crippen LogP contribution in [-0.4, -0.2) is 20.1 Å². The zero-order valence-electron chi connectivity index (χ0n) is 8.64. The molecule has 1 amide bonds. The van der Waals surface area contributed by atoms with E-state index in [0.29, 0.717) is 20.7 Å². The van der Waals surface area contributed by atoms with Gasteiger partial charge in [-0.1, -0.05) is 11.6 Å². The largest absolute Gasteiger partial charge is 0.342 e. The topological polar surface area (TPSA) is 47.6 Å². The third kappa shape index (κ3) is 1.39. The highest BCUT2D eigenvalue weighted by Gasteiger charge is 2.49. The van der Waals surface area contributed by atoms with Gasteiger partial charge in [-0.2, -0.15) is 0 Å². The second kappa shape index (κ2) is 4.00. The van der Waals surface area contributed by atoms with E-state index < -0.39 is 5.79 Å². The highest BCUT2D eigenvalue weighted by Crippen LogP contribution is 2.45. The van der Waals surface area contributed by atoms with Crippen molar-refractivity contribution in [2.24, 2.45) is 0 Å². The molecule has 0 unspecified atom stereocenters. The normalized spacial score (nSPS) is 17.1. The number of rotatable bonds is 2. The number of benzene rings is 1. The predicted octanol–water partition coefficient (Wildman–Crippen LogP) is 2.50. The first-order valence-corrected chi connectivity index (χ1v) is 5.64. The smallest absolute Gasteiger partial charge is 0.289 e. The molecular weight excluding hydrogens is 297 g/mol. The number of nitrogens with one attached hydrogen (secondary N) is 1. The van der Waals surface area contributed by atoms with E-state index in [1.165, 1.54) is 14.2 Å². The molecule has 1 heterocycles. The van der Waals surface area contributed by atoms with Crippen LogP contribution in [0.3, 0.4) is 0 Å². The van der Waals surface area contributed by atoms with Crippen LogP contribution in [0.2, 0.25) is 5.02 Å². The monoisotopic (exact) mass is 305 g/mol. The van der Waals surface area contributed by atoms with Crippen molar-refractivity contribution < 1.29 is 14.3 Å². The molecule has 0 radical (unpaired) electrons. The van der Waals surface area contributed by atoms with E-state index in [1.807, 2.05) is 0 Å². The second-order valence-corrected chi connectivity index (χ2v) is 4.50. The highest BCUT2D eigenvalue weighted by molar-refractivity contribution is 9.10. The number of anilines is 1. The Bertz CT molecular complexity index is 460. The van der Waals surface area contributed by atoms with Gasteiger partial charge in [-0.05, 0) is 28.1 Å². The van der Waals surface area contributed by atoms with E-state index in [-0.39, 0.29) is 5.91 Å². The standard InChI is InChI=1S/C10H9BrClNO3/c1-15-10(16-2)5-3-4-6(11)7(12)8(5)13-9(10)14/h3-4H,1-2H3,(H,13,14). The van der Waals surface area contributed by atoms with Gasteiger partial charge in [0, 0.05) is 24.3 Å². The Hall–Kier alpha value is -0.620. The van der Waals surface area contributed by atoms with Crippen LogP contribution in [0, 0.1) is 0 Å². The summed E-state index contributed by atoms with van der Waals surface area (Å²) in [6.45, 7) is 0. The molecule has 1 aliphatic heterocycles. The van der Waals surface area contributed by atoms with Gasteiger partial charge in [0.2, 0.25) is 0 Å². The summed E-state index contributed by atoms with van der Waals surface area (Å²) in [4.78, 5) is 11.8. The lowest BCUT2D eigenvalue weighted by atomic mass is 10.1. The molecule has 0 saturated carbocycles. The predicted molar refractivity (Wildman–Crippen MR) is 63.5 cm³/mol. The van der Waals surface area contributed by atoms with E-state index in [0.717, 1.165) is 0 Å². The summed E-state index contributed by atoms with van der Waals surface area (Å²) in [6, 6.07) is 3.48. The summed E-state index contributed by atoms with van der Waals surface area (Å²) in [7, 11) is 2.82. The van der Waals surface area contributed by atoms with Crippen molar-refractivity contribution >= 4 is 39.1 Å². The van der Waals surface area contributed by atoms with Crippen molar-refractivity contribution in [2.45, 2.75) is 5.79 Å². The first-order chi connectivity index (χ1) is 7.56. The lowest BCUT2D eigenvalue weighted by Crippen LogP contribution is -2.38. The first kappa shape index (κ1) is 11.9. The number of methoxy groups -OCH3 is 2. The van der Waals surface area contributed by atoms with Crippen LogP contribution in [0.4, 0.5) is 5.69 Å². The average Bonchev–Trinajstić information content (AvgIpc) is 2.57. The molecule has 0 spiro atoms. The van der Waals surface area contributed by atoms with Crippen LogP contribution in [0.15, 0.2) is 16.6 Å². The van der Waals surface area contributed by atoms with Crippen molar-refractivity contribution in [3.05, 3.63) is 27.2 Å². The summed E-state index contributed by atoms with van der Waals surface area (Å²) in [5, 5.41) is 3.08. The first-order valence-electron chi connectivity index (χ1n) is 4.47. The fraction of sp³-hybridized carbons (Fsp3) is 0.300. The van der Waals surface area contributed by atoms with Crippen molar-refractivity contribution in [1.29, 1.82) is 0 Å². The summed E-state index contributed by atoms with van der Waals surface area (Å²) >= 11 is 9.36. The zero-order chi connectivity index (χ0) is 11.9. The number of amides is 1. The minimum absolute atomic E-state index is 0.382. The van der Waals surface area contributed by atoms with Crippen LogP contribution in [0.1, 0.15) is 5.56 Å². The van der Waals surface area contributed by atoms with Crippen molar-refractivity contribution in [3.63, 3.8) is 0 Å². The molecule has 6 heteroatoms. The molecule has 1 N–H and O–H groups in total. The molecule has 0 aliphatic carbocycles. The zero-order valence-corrected chi connectivity index (χ0v) is 11.0. The maximum atomic E-state index is 11.8. The molecule has 4 nitrogen and oxygen atoms in total. The van der Waals surface area contributed by atoms with Crippen molar-refractivity contribution in [1.82, 2.24) is 0 Å². The minimum atomic E-state index is -1.40. The Kier molecular flexibility index (Phi) is 2.96. The van der Waals surface area contributed by atoms with Crippen LogP contribution in [0.5, 0.6) is 0 Å². The molecule has 0 fully saturated rings. The molecule has 0 aromatic heterocycles. The van der Waals surface area contributed by atoms with Gasteiger partial charge >= 0.3 is 0 Å². The number of hydrogen-bond acceptors (Lipinski definition) is 3. The Balaban J connectivity index is 2.67. The second-order valence-electron chi connectivity index (χ2n) is 3.26. The molecule has 2 rings (SSSR count). The lowest BCUT2D eigenvalue weighted by Gasteiger charge is -2.23. The molecular formula is C10H9BrClNO3. The van der Waals surface area contributed by atoms with Gasteiger partial charge in [0.25, 0.3) is 11.7 Å². The number of ether oxygens (including phenoxy) is 2. The van der Waals surface area contributed by atoms with Gasteiger partial charge in [0.05, 0.1) is 10.7 Å². The van der Waals surface area contributed by atoms with Crippen molar-refractivity contribution in [2.75, 3.05) is 19.5 Å². The number of carbonyl (C=O) groups excluding carboxylic acids is 1. The quantitative estimate of drug-likeness (QED) is 0.854. The van der Waals surface area contributed by atoms with Gasteiger partial charge in [-0.25, -0.2) is 0 Å². The molecule has 0 bridgehead atoms. The number of carbonyl (C=O) groups is 1. The minimum Gasteiger partial charge on any atom is -0.342 e. The number of hydrogen-bond donors (Lipinski definition) is 1. The van der Waals surface area contributed by atoms with Gasteiger partial charge in [0.15, 0.2) is 0 Å². The van der Waals surface area contributed by atoms with E-state index >= 15 is 0 Å². The number of halogens is 2. The van der Waals surface area contributed by atoms with E-state index in [9.17, 15) is 4.79 Å². The maximum Gasteiger partial charge on any atom is 0.289 e. The molecule has 1 aromatic carbocycles. The highest BCUT2D eigenvalue weighted by atomic mass is 79.9. The molecule has 86 valence electrons. The third-order valence-electron chi connectivity index (χ3n) is 2.56. The van der Waals surface area contributed by atoms with Crippen LogP contribution >= 0.6 is 27.5 Å². The number of fused-ring (bicyclic) bond motifs is 1. The molecule has 16 heavy (non-hydrogen) atoms. The molecule has 0 atom stereocenters. The molecule has 1 aromatic rings. The fourth-order valence-electron chi connectivity index (χ4n) is 1.75. The summed E-state index contributed by atoms with van der Waals surface area (Å²) in [6.07, 6.45) is 0. The average molecular weight is 307 g/mol. The van der Waals surface area contributed by atoms with Gasteiger partial charge < -0.3 is 14.8 Å². The molecule has 1 aliphatic rings. The van der Waals surface area contributed by atoms with Crippen molar-refractivity contribution in [3.8, 4) is 0 Å². The van der Waals surface area contributed by atoms with E-state index in [1.54, 1.807) is 12.1 Å². The van der Waals surface area contributed by atoms with E-state index in [4.69, 9.17) is 21.1 Å². The Morgan fingerprint density at radius 3 is 2.56 bits per heavy atom. The summed E-state index contributed by atoms with van der Waals surface area (Å²) in [5.74, 6) is -1.79. The fourth-order valence-corrected chi connectivity index (χ4v) is 2.30. The lowest BCUT2D eigenvalue weighted by molar-refractivity contribution is -0.207. The Labute approximate surface area is 106 Å². The molecule has 0 saturated heterocycles. The third-order valence-corrected chi connectivity index (χ3v) is 3.84. The van der Waals surface area contributed by atoms with Crippen LogP contribution in [0.25, 0.3) is 0 Å². The van der Waals surface area contributed by atoms with Crippen LogP contribution < -0.4 is 5.32 Å². The van der Waals surface area contributed by atoms with Crippen LogP contribution in [-0.2, 0) is 20.1 Å². The summed E-state index contributed by atoms with van der Waals surface area (Å²) in [5.41, 5.74) is 1.10. The Morgan fingerprint density at radius 2 is 2.00 bits per heavy atom. The summed E-state index contributed by atoms with van der Waals surface area (Å²) < 4.78 is 11.1. The van der Waals surface area contributed by atoms with Gasteiger partial charge in [-0.3, -0.25) is 4.79 Å². The van der Waals surface area contributed by atoms with E-state index in [2.05, 4.69) is 21.2 Å². The Morgan fingerprint density at radius 1 is 1.38 bits per heavy atom. The maximum absolute atomic E-state index is 11.8.